The standard InChI is InChI=1S/C25H28N2O3S/c1-16-7-11-22(12-8-16)31(29,30)27-24-13-10-21(15-19(24)4)25(28)26-20(5)23-14-17(2)6-9-18(23)3/h6-15,20,27H,1-5H3,(H,26,28)/t20-/m1/s1. The first-order chi connectivity index (χ1) is 14.6. The van der Waals surface area contributed by atoms with Gasteiger partial charge in [0.15, 0.2) is 0 Å². The molecule has 6 heteroatoms. The first-order valence-corrected chi connectivity index (χ1v) is 11.6. The molecule has 3 rings (SSSR count). The van der Waals surface area contributed by atoms with Crippen LogP contribution in [-0.2, 0) is 10.0 Å². The third-order valence-electron chi connectivity index (χ3n) is 5.31. The molecule has 0 aliphatic heterocycles. The number of anilines is 1. The second-order valence-electron chi connectivity index (χ2n) is 8.00. The van der Waals surface area contributed by atoms with Crippen molar-refractivity contribution < 1.29 is 13.2 Å². The van der Waals surface area contributed by atoms with E-state index in [9.17, 15) is 13.2 Å². The summed E-state index contributed by atoms with van der Waals surface area (Å²) < 4.78 is 27.9. The van der Waals surface area contributed by atoms with Gasteiger partial charge in [-0.2, -0.15) is 0 Å². The SMILES string of the molecule is Cc1ccc(S(=O)(=O)Nc2ccc(C(=O)N[C@H](C)c3cc(C)ccc3C)cc2C)cc1. The number of benzene rings is 3. The van der Waals surface area contributed by atoms with Crippen LogP contribution >= 0.6 is 0 Å². The average Bonchev–Trinajstić information content (AvgIpc) is 2.71. The first kappa shape index (κ1) is 22.6. The van der Waals surface area contributed by atoms with Crippen molar-refractivity contribution in [2.45, 2.75) is 45.6 Å². The molecular formula is C25H28N2O3S. The average molecular weight is 437 g/mol. The van der Waals surface area contributed by atoms with Gasteiger partial charge in [0.1, 0.15) is 0 Å². The summed E-state index contributed by atoms with van der Waals surface area (Å²) in [5.41, 5.74) is 5.92. The van der Waals surface area contributed by atoms with Crippen molar-refractivity contribution >= 4 is 21.6 Å². The predicted octanol–water partition coefficient (Wildman–Crippen LogP) is 5.21. The molecule has 0 radical (unpaired) electrons. The van der Waals surface area contributed by atoms with E-state index in [1.165, 1.54) is 0 Å². The van der Waals surface area contributed by atoms with E-state index in [4.69, 9.17) is 0 Å². The van der Waals surface area contributed by atoms with Crippen molar-refractivity contribution in [1.82, 2.24) is 5.32 Å². The molecule has 162 valence electrons. The van der Waals surface area contributed by atoms with Gasteiger partial charge in [0, 0.05) is 5.56 Å². The van der Waals surface area contributed by atoms with Gasteiger partial charge in [-0.25, -0.2) is 8.42 Å². The van der Waals surface area contributed by atoms with Crippen LogP contribution in [0.3, 0.4) is 0 Å². The van der Waals surface area contributed by atoms with Gasteiger partial charge < -0.3 is 5.32 Å². The van der Waals surface area contributed by atoms with Crippen LogP contribution in [0.5, 0.6) is 0 Å². The fourth-order valence-corrected chi connectivity index (χ4v) is 4.56. The summed E-state index contributed by atoms with van der Waals surface area (Å²) in [4.78, 5) is 13.0. The molecule has 2 N–H and O–H groups in total. The number of nitrogens with one attached hydrogen (secondary N) is 2. The molecule has 3 aromatic carbocycles. The Hall–Kier alpha value is -3.12. The van der Waals surface area contributed by atoms with Crippen molar-refractivity contribution in [2.75, 3.05) is 4.72 Å². The maximum Gasteiger partial charge on any atom is 0.261 e. The first-order valence-electron chi connectivity index (χ1n) is 10.1. The molecule has 0 heterocycles. The smallest absolute Gasteiger partial charge is 0.261 e. The van der Waals surface area contributed by atoms with E-state index in [1.54, 1.807) is 49.4 Å². The highest BCUT2D eigenvalue weighted by Crippen LogP contribution is 2.23. The zero-order valence-electron chi connectivity index (χ0n) is 18.5. The third-order valence-corrected chi connectivity index (χ3v) is 6.69. The van der Waals surface area contributed by atoms with E-state index in [1.807, 2.05) is 39.8 Å². The highest BCUT2D eigenvalue weighted by atomic mass is 32.2. The molecule has 0 bridgehead atoms. The number of sulfonamides is 1. The van der Waals surface area contributed by atoms with E-state index in [2.05, 4.69) is 16.1 Å². The highest BCUT2D eigenvalue weighted by Gasteiger charge is 2.17. The van der Waals surface area contributed by atoms with Crippen LogP contribution in [0.15, 0.2) is 65.6 Å². The molecule has 1 atom stereocenters. The molecule has 1 amide bonds. The van der Waals surface area contributed by atoms with Crippen LogP contribution in [0.2, 0.25) is 0 Å². The molecule has 0 aliphatic carbocycles. The second kappa shape index (κ2) is 8.94. The largest absolute Gasteiger partial charge is 0.346 e. The van der Waals surface area contributed by atoms with Gasteiger partial charge in [0.25, 0.3) is 15.9 Å². The van der Waals surface area contributed by atoms with Crippen LogP contribution in [0.1, 0.15) is 51.1 Å². The second-order valence-corrected chi connectivity index (χ2v) is 9.69. The van der Waals surface area contributed by atoms with Gasteiger partial charge in [-0.3, -0.25) is 9.52 Å². The summed E-state index contributed by atoms with van der Waals surface area (Å²) in [5, 5.41) is 3.03. The molecule has 0 unspecified atom stereocenters. The van der Waals surface area contributed by atoms with Crippen LogP contribution in [-0.4, -0.2) is 14.3 Å². The van der Waals surface area contributed by atoms with E-state index in [0.29, 0.717) is 16.8 Å². The summed E-state index contributed by atoms with van der Waals surface area (Å²) in [6.07, 6.45) is 0. The number of hydrogen-bond donors (Lipinski definition) is 2. The Kier molecular flexibility index (Phi) is 6.51. The summed E-state index contributed by atoms with van der Waals surface area (Å²) in [6.45, 7) is 9.68. The molecule has 31 heavy (non-hydrogen) atoms. The Morgan fingerprint density at radius 2 is 1.45 bits per heavy atom. The van der Waals surface area contributed by atoms with Crippen molar-refractivity contribution in [1.29, 1.82) is 0 Å². The van der Waals surface area contributed by atoms with Crippen molar-refractivity contribution in [3.63, 3.8) is 0 Å². The van der Waals surface area contributed by atoms with Crippen molar-refractivity contribution in [3.8, 4) is 0 Å². The summed E-state index contributed by atoms with van der Waals surface area (Å²) in [6, 6.07) is 17.6. The molecule has 0 spiro atoms. The number of rotatable bonds is 6. The zero-order chi connectivity index (χ0) is 22.8. The molecule has 5 nitrogen and oxygen atoms in total. The Labute approximate surface area is 184 Å². The topological polar surface area (TPSA) is 75.3 Å². The Bertz CT molecular complexity index is 1220. The normalized spacial score (nSPS) is 12.3. The Balaban J connectivity index is 1.76. The lowest BCUT2D eigenvalue weighted by molar-refractivity contribution is 0.0939. The summed E-state index contributed by atoms with van der Waals surface area (Å²) in [7, 11) is -3.70. The molecule has 3 aromatic rings. The minimum absolute atomic E-state index is 0.146. The quantitative estimate of drug-likeness (QED) is 0.557. The fraction of sp³-hybridized carbons (Fsp3) is 0.240. The van der Waals surface area contributed by atoms with Crippen LogP contribution in [0.25, 0.3) is 0 Å². The highest BCUT2D eigenvalue weighted by molar-refractivity contribution is 7.92. The maximum absolute atomic E-state index is 12.8. The van der Waals surface area contributed by atoms with Gasteiger partial charge in [-0.15, -0.1) is 0 Å². The lowest BCUT2D eigenvalue weighted by Gasteiger charge is -2.18. The van der Waals surface area contributed by atoms with E-state index < -0.39 is 10.0 Å². The number of hydrogen-bond acceptors (Lipinski definition) is 3. The minimum atomic E-state index is -3.70. The maximum atomic E-state index is 12.8. The van der Waals surface area contributed by atoms with Gasteiger partial charge in [-0.05, 0) is 81.6 Å². The van der Waals surface area contributed by atoms with Crippen molar-refractivity contribution in [3.05, 3.63) is 94.0 Å². The predicted molar refractivity (Wildman–Crippen MR) is 125 cm³/mol. The number of carbonyl (C=O) groups is 1. The zero-order valence-corrected chi connectivity index (χ0v) is 19.3. The molecule has 0 fully saturated rings. The molecule has 0 saturated heterocycles. The summed E-state index contributed by atoms with van der Waals surface area (Å²) >= 11 is 0. The Morgan fingerprint density at radius 1 is 0.806 bits per heavy atom. The number of amides is 1. The van der Waals surface area contributed by atoms with Crippen LogP contribution < -0.4 is 10.0 Å². The third kappa shape index (κ3) is 5.33. The van der Waals surface area contributed by atoms with Gasteiger partial charge in [0.05, 0.1) is 16.6 Å². The molecule has 0 aromatic heterocycles. The van der Waals surface area contributed by atoms with E-state index in [0.717, 1.165) is 22.3 Å². The minimum Gasteiger partial charge on any atom is -0.346 e. The summed E-state index contributed by atoms with van der Waals surface area (Å²) in [5.74, 6) is -0.204. The molecular weight excluding hydrogens is 408 g/mol. The monoisotopic (exact) mass is 436 g/mol. The van der Waals surface area contributed by atoms with E-state index in [-0.39, 0.29) is 16.8 Å². The van der Waals surface area contributed by atoms with Gasteiger partial charge in [-0.1, -0.05) is 41.5 Å². The number of aryl methyl sites for hydroxylation is 4. The molecule has 0 saturated carbocycles. The fourth-order valence-electron chi connectivity index (χ4n) is 3.42. The van der Waals surface area contributed by atoms with E-state index >= 15 is 0 Å². The number of carbonyl (C=O) groups excluding carboxylic acids is 1. The lowest BCUT2D eigenvalue weighted by Crippen LogP contribution is -2.27. The van der Waals surface area contributed by atoms with Crippen LogP contribution in [0.4, 0.5) is 5.69 Å². The van der Waals surface area contributed by atoms with Crippen molar-refractivity contribution in [2.24, 2.45) is 0 Å². The van der Waals surface area contributed by atoms with Crippen LogP contribution in [0, 0.1) is 27.7 Å². The Morgan fingerprint density at radius 3 is 2.10 bits per heavy atom. The molecule has 0 aliphatic rings. The van der Waals surface area contributed by atoms with Gasteiger partial charge in [0.2, 0.25) is 0 Å². The lowest BCUT2D eigenvalue weighted by atomic mass is 9.99. The van der Waals surface area contributed by atoms with Gasteiger partial charge >= 0.3 is 0 Å².